The first-order valence-corrected chi connectivity index (χ1v) is 28.6. The van der Waals surface area contributed by atoms with E-state index in [-0.39, 0.29) is 64.7 Å². The largest absolute Gasteiger partial charge is 0.480 e. The van der Waals surface area contributed by atoms with Gasteiger partial charge in [-0.15, -0.1) is 0 Å². The van der Waals surface area contributed by atoms with Crippen LogP contribution < -0.4 is 21.3 Å². The summed E-state index contributed by atoms with van der Waals surface area (Å²) in [6.07, 6.45) is 23.4. The highest BCUT2D eigenvalue weighted by Gasteiger charge is 2.54. The molecule has 4 saturated carbocycles. The number of rotatable bonds is 14. The molecule has 0 bridgehead atoms. The summed E-state index contributed by atoms with van der Waals surface area (Å²) >= 11 is 0. The molecule has 6 fully saturated rings. The van der Waals surface area contributed by atoms with Crippen LogP contribution in [0.15, 0.2) is 37.2 Å². The summed E-state index contributed by atoms with van der Waals surface area (Å²) < 4.78 is 5.78. The van der Waals surface area contributed by atoms with Gasteiger partial charge in [0.2, 0.25) is 23.6 Å². The van der Waals surface area contributed by atoms with E-state index in [0.29, 0.717) is 13.1 Å². The minimum Gasteiger partial charge on any atom is -0.480 e. The Bertz CT molecular complexity index is 2450. The van der Waals surface area contributed by atoms with E-state index in [0.717, 1.165) is 103 Å². The van der Waals surface area contributed by atoms with Gasteiger partial charge in [-0.1, -0.05) is 92.9 Å². The van der Waals surface area contributed by atoms with E-state index < -0.39 is 82.3 Å². The summed E-state index contributed by atoms with van der Waals surface area (Å²) in [6.45, 7) is 17.7. The third kappa shape index (κ3) is 14.6. The zero-order chi connectivity index (χ0) is 56.7. The lowest BCUT2D eigenvalue weighted by Crippen LogP contribution is -2.61. The number of likely N-dealkylation sites (tertiary alicyclic amines) is 2. The Balaban J connectivity index is 0.000000227. The van der Waals surface area contributed by atoms with Gasteiger partial charge in [0.05, 0.1) is 12.4 Å². The number of hydrogen-bond acceptors (Lipinski definition) is 13. The number of nitrogens with zero attached hydrogens (tertiary/aromatic N) is 6. The van der Waals surface area contributed by atoms with Crippen LogP contribution in [0.3, 0.4) is 0 Å². The number of carbonyl (C=O) groups is 8. The highest BCUT2D eigenvalue weighted by Crippen LogP contribution is 2.45. The van der Waals surface area contributed by atoms with E-state index in [2.05, 4.69) is 41.2 Å². The van der Waals surface area contributed by atoms with Crippen LogP contribution in [-0.2, 0) is 33.5 Å². The van der Waals surface area contributed by atoms with Gasteiger partial charge in [0, 0.05) is 37.9 Å². The average molecular weight is 1080 g/mol. The average Bonchev–Trinajstić information content (AvgIpc) is 4.24. The smallest absolute Gasteiger partial charge is 0.329 e. The van der Waals surface area contributed by atoms with Crippen LogP contribution in [0.2, 0.25) is 0 Å². The van der Waals surface area contributed by atoms with E-state index in [1.165, 1.54) is 42.1 Å². The van der Waals surface area contributed by atoms with Crippen molar-refractivity contribution in [3.63, 3.8) is 0 Å². The van der Waals surface area contributed by atoms with Gasteiger partial charge >= 0.3 is 11.9 Å². The minimum atomic E-state index is -0.988. The second-order valence-electron chi connectivity index (χ2n) is 25.9. The topological polar surface area (TPSA) is 272 Å². The van der Waals surface area contributed by atoms with Crippen molar-refractivity contribution in [1.82, 2.24) is 51.0 Å². The number of fused-ring (bicyclic) bond motifs is 2. The Morgan fingerprint density at radius 3 is 1.28 bits per heavy atom. The molecular weight excluding hydrogens is 997 g/mol. The van der Waals surface area contributed by atoms with Crippen LogP contribution in [-0.4, -0.2) is 137 Å². The van der Waals surface area contributed by atoms with E-state index in [4.69, 9.17) is 4.74 Å². The van der Waals surface area contributed by atoms with Crippen molar-refractivity contribution < 1.29 is 48.2 Å². The minimum absolute atomic E-state index is 0.0426. The Kier molecular flexibility index (Phi) is 19.4. The molecule has 4 heterocycles. The number of esters is 1. The molecule has 6 amide bonds. The fourth-order valence-corrected chi connectivity index (χ4v) is 13.1. The van der Waals surface area contributed by atoms with E-state index in [1.807, 2.05) is 62.3 Å². The molecule has 2 aromatic heterocycles. The van der Waals surface area contributed by atoms with E-state index >= 15 is 0 Å². The van der Waals surface area contributed by atoms with Gasteiger partial charge in [-0.3, -0.25) is 38.7 Å². The zero-order valence-electron chi connectivity index (χ0n) is 47.4. The molecule has 2 saturated heterocycles. The summed E-state index contributed by atoms with van der Waals surface area (Å²) in [5.74, 6) is -3.47. The number of amides is 6. The number of aromatic nitrogens is 4. The SMILES string of the molecule is CC(C)(C)OC(=O)[C@@H]1[C@H]2CCC[C@H]2CN1C(=O)[C@@H](NC(=O)[C@@H](NC(=O)c1cnccn1)C1CCCCC1)C(C)(C)C.CC(C)(C)[C@H](NC(=O)[C@@H](NC(=O)c1cnccn1)C1CCCCC1)C(=O)N1C[C@@H]2CCC[C@@H]2[C@H]1C(=O)O. The van der Waals surface area contributed by atoms with Gasteiger partial charge in [-0.05, 0) is 118 Å². The molecule has 4 aliphatic carbocycles. The second kappa shape index (κ2) is 25.4. The Labute approximate surface area is 460 Å². The number of carboxylic acid groups (broad SMARTS) is 1. The third-order valence-electron chi connectivity index (χ3n) is 17.0. The molecule has 8 rings (SSSR count). The highest BCUT2D eigenvalue weighted by molar-refractivity contribution is 5.99. The number of ether oxygens (including phenoxy) is 1. The molecule has 6 aliphatic rings. The van der Waals surface area contributed by atoms with Gasteiger partial charge in [0.15, 0.2) is 0 Å². The molecule has 20 heteroatoms. The van der Waals surface area contributed by atoms with Gasteiger partial charge in [0.25, 0.3) is 11.8 Å². The number of hydrogen-bond donors (Lipinski definition) is 5. The second-order valence-corrected chi connectivity index (χ2v) is 25.9. The number of nitrogens with one attached hydrogen (secondary N) is 4. The standard InChI is InChI=1S/C31H47N5O5.C27H39N5O5/c1-30(2,3)25(28(39)36-18-20-13-10-14-21(20)24(36)29(40)41-31(4,5)6)35-27(38)23(19-11-8-7-9-12-19)34-26(37)22-17-32-15-16-33-22;1-27(2,3)22(25(35)32-15-17-10-7-11-18(17)21(32)26(36)37)31-24(34)20(16-8-5-4-6-9-16)30-23(33)19-14-28-12-13-29-19/h15-17,19-21,23-25H,7-14,18H2,1-6H3,(H,34,37)(H,35,38);12-14,16-18,20-22H,4-11,15H2,1-3H3,(H,30,33)(H,31,34)(H,36,37)/t20-,21-,23-,24-,25+;17-,18-,20-,21-,22+/m00/s1. The molecule has 2 aromatic rings. The lowest BCUT2D eigenvalue weighted by Gasteiger charge is -2.38. The third-order valence-corrected chi connectivity index (χ3v) is 17.0. The van der Waals surface area contributed by atoms with Crippen LogP contribution in [0.1, 0.15) is 186 Å². The molecule has 10 atom stereocenters. The first-order chi connectivity index (χ1) is 36.8. The van der Waals surface area contributed by atoms with E-state index in [9.17, 15) is 43.5 Å². The molecule has 0 spiro atoms. The lowest BCUT2D eigenvalue weighted by atomic mass is 9.82. The van der Waals surface area contributed by atoms with Crippen LogP contribution in [0.25, 0.3) is 0 Å². The Hall–Kier alpha value is -6.08. The summed E-state index contributed by atoms with van der Waals surface area (Å²) in [5.41, 5.74) is -1.73. The molecule has 78 heavy (non-hydrogen) atoms. The predicted molar refractivity (Wildman–Crippen MR) is 289 cm³/mol. The summed E-state index contributed by atoms with van der Waals surface area (Å²) in [4.78, 5) is 127. The molecule has 2 aliphatic heterocycles. The zero-order valence-corrected chi connectivity index (χ0v) is 47.4. The van der Waals surface area contributed by atoms with Gasteiger partial charge in [-0.25, -0.2) is 19.6 Å². The van der Waals surface area contributed by atoms with Crippen LogP contribution in [0.4, 0.5) is 0 Å². The van der Waals surface area contributed by atoms with Crippen molar-refractivity contribution in [3.8, 4) is 0 Å². The van der Waals surface area contributed by atoms with Crippen molar-refractivity contribution in [2.24, 2.45) is 46.3 Å². The maximum absolute atomic E-state index is 14.3. The number of carbonyl (C=O) groups excluding carboxylic acids is 7. The fourth-order valence-electron chi connectivity index (χ4n) is 13.1. The summed E-state index contributed by atoms with van der Waals surface area (Å²) in [5, 5.41) is 21.7. The molecule has 428 valence electrons. The first kappa shape index (κ1) is 59.6. The van der Waals surface area contributed by atoms with Gasteiger partial charge < -0.3 is 40.9 Å². The van der Waals surface area contributed by atoms with Crippen LogP contribution in [0.5, 0.6) is 0 Å². The van der Waals surface area contributed by atoms with Crippen molar-refractivity contribution >= 4 is 47.4 Å². The number of aliphatic carboxylic acids is 1. The van der Waals surface area contributed by atoms with E-state index in [1.54, 1.807) is 4.90 Å². The molecule has 0 radical (unpaired) electrons. The summed E-state index contributed by atoms with van der Waals surface area (Å²) in [7, 11) is 0. The van der Waals surface area contributed by atoms with Crippen molar-refractivity contribution in [3.05, 3.63) is 48.6 Å². The van der Waals surface area contributed by atoms with Crippen molar-refractivity contribution in [1.29, 1.82) is 0 Å². The quantitative estimate of drug-likeness (QED) is 0.135. The van der Waals surface area contributed by atoms with Gasteiger partial charge in [0.1, 0.15) is 53.2 Å². The Morgan fingerprint density at radius 1 is 0.526 bits per heavy atom. The monoisotopic (exact) mass is 1080 g/mol. The predicted octanol–water partition coefficient (Wildman–Crippen LogP) is 6.05. The van der Waals surface area contributed by atoms with Crippen molar-refractivity contribution in [2.75, 3.05) is 13.1 Å². The molecule has 0 aromatic carbocycles. The lowest BCUT2D eigenvalue weighted by molar-refractivity contribution is -0.165. The molecule has 0 unspecified atom stereocenters. The highest BCUT2D eigenvalue weighted by atomic mass is 16.6. The number of carboxylic acids is 1. The molecular formula is C58H86N10O10. The summed E-state index contributed by atoms with van der Waals surface area (Å²) in [6, 6.07) is -5.00. The molecule has 20 nitrogen and oxygen atoms in total. The van der Waals surface area contributed by atoms with Crippen molar-refractivity contribution in [2.45, 2.75) is 207 Å². The van der Waals surface area contributed by atoms with Gasteiger partial charge in [-0.2, -0.15) is 0 Å². The normalized spacial score (nSPS) is 25.2. The maximum Gasteiger partial charge on any atom is 0.329 e. The first-order valence-electron chi connectivity index (χ1n) is 28.6. The fraction of sp³-hybridized carbons (Fsp3) is 0.724. The maximum atomic E-state index is 14.3. The Morgan fingerprint density at radius 2 is 0.923 bits per heavy atom. The van der Waals surface area contributed by atoms with Crippen LogP contribution in [0, 0.1) is 46.3 Å². The van der Waals surface area contributed by atoms with Crippen LogP contribution >= 0.6 is 0 Å². The molecule has 5 N–H and O–H groups in total.